The van der Waals surface area contributed by atoms with Gasteiger partial charge in [-0.1, -0.05) is 12.1 Å². The molecule has 0 bridgehead atoms. The van der Waals surface area contributed by atoms with E-state index in [9.17, 15) is 13.9 Å². The normalized spacial score (nSPS) is 10.9. The molecule has 0 amide bonds. The van der Waals surface area contributed by atoms with Gasteiger partial charge >= 0.3 is 0 Å². The molecular formula is C17H19F2NO. The van der Waals surface area contributed by atoms with E-state index in [-0.39, 0.29) is 0 Å². The van der Waals surface area contributed by atoms with E-state index >= 15 is 0 Å². The number of phenolic OH excluding ortho intramolecular Hbond substituents is 1. The third-order valence-corrected chi connectivity index (χ3v) is 3.39. The van der Waals surface area contributed by atoms with Gasteiger partial charge in [0, 0.05) is 12.6 Å². The van der Waals surface area contributed by atoms with Gasteiger partial charge in [-0.15, -0.1) is 0 Å². The van der Waals surface area contributed by atoms with Crippen LogP contribution in [0.1, 0.15) is 22.3 Å². The van der Waals surface area contributed by atoms with E-state index in [1.165, 1.54) is 12.1 Å². The summed E-state index contributed by atoms with van der Waals surface area (Å²) in [6.45, 7) is 5.00. The van der Waals surface area contributed by atoms with Gasteiger partial charge in [0.2, 0.25) is 0 Å². The van der Waals surface area contributed by atoms with Gasteiger partial charge in [0.15, 0.2) is 0 Å². The Balaban J connectivity index is 1.87. The summed E-state index contributed by atoms with van der Waals surface area (Å²) >= 11 is 0. The highest BCUT2D eigenvalue weighted by molar-refractivity contribution is 5.42. The highest BCUT2D eigenvalue weighted by atomic mass is 19.1. The van der Waals surface area contributed by atoms with Crippen molar-refractivity contribution in [3.8, 4) is 5.75 Å². The third kappa shape index (κ3) is 4.26. The van der Waals surface area contributed by atoms with Crippen molar-refractivity contribution in [2.75, 3.05) is 6.54 Å². The van der Waals surface area contributed by atoms with Crippen LogP contribution in [-0.4, -0.2) is 11.7 Å². The Morgan fingerprint density at radius 2 is 1.48 bits per heavy atom. The Hall–Kier alpha value is -1.94. The zero-order valence-electron chi connectivity index (χ0n) is 12.2. The minimum Gasteiger partial charge on any atom is -0.507 e. The molecule has 0 aliphatic heterocycles. The summed E-state index contributed by atoms with van der Waals surface area (Å²) in [6, 6.07) is 7.42. The minimum absolute atomic E-state index is 0.328. The average molecular weight is 291 g/mol. The molecule has 2 aromatic carbocycles. The van der Waals surface area contributed by atoms with E-state index in [0.29, 0.717) is 30.8 Å². The molecule has 2 rings (SSSR count). The third-order valence-electron chi connectivity index (χ3n) is 3.39. The van der Waals surface area contributed by atoms with E-state index < -0.39 is 11.6 Å². The van der Waals surface area contributed by atoms with Crippen molar-refractivity contribution >= 4 is 0 Å². The summed E-state index contributed by atoms with van der Waals surface area (Å²) < 4.78 is 26.1. The molecule has 0 atom stereocenters. The summed E-state index contributed by atoms with van der Waals surface area (Å²) in [5, 5.41) is 12.9. The average Bonchev–Trinajstić information content (AvgIpc) is 2.40. The van der Waals surface area contributed by atoms with Crippen molar-refractivity contribution in [2.45, 2.75) is 26.8 Å². The van der Waals surface area contributed by atoms with Crippen LogP contribution in [0.2, 0.25) is 0 Å². The summed E-state index contributed by atoms with van der Waals surface area (Å²) in [7, 11) is 0. The van der Waals surface area contributed by atoms with Gasteiger partial charge in [-0.3, -0.25) is 0 Å². The molecule has 0 saturated heterocycles. The molecule has 0 fully saturated rings. The molecule has 2 nitrogen and oxygen atoms in total. The van der Waals surface area contributed by atoms with Crippen molar-refractivity contribution in [3.63, 3.8) is 0 Å². The maximum absolute atomic E-state index is 13.0. The quantitative estimate of drug-likeness (QED) is 0.825. The Labute approximate surface area is 123 Å². The number of hydrogen-bond donors (Lipinski definition) is 2. The van der Waals surface area contributed by atoms with Crippen molar-refractivity contribution < 1.29 is 13.9 Å². The van der Waals surface area contributed by atoms with Crippen LogP contribution in [0.4, 0.5) is 8.78 Å². The van der Waals surface area contributed by atoms with Crippen molar-refractivity contribution in [1.29, 1.82) is 0 Å². The number of nitrogens with one attached hydrogen (secondary N) is 1. The lowest BCUT2D eigenvalue weighted by Gasteiger charge is -2.09. The fraction of sp³-hybridized carbons (Fsp3) is 0.294. The molecule has 21 heavy (non-hydrogen) atoms. The van der Waals surface area contributed by atoms with E-state index in [1.54, 1.807) is 0 Å². The van der Waals surface area contributed by atoms with E-state index in [4.69, 9.17) is 0 Å². The number of phenols is 1. The second kappa shape index (κ2) is 6.68. The second-order valence-corrected chi connectivity index (χ2v) is 5.28. The Morgan fingerprint density at radius 1 is 0.905 bits per heavy atom. The number of hydrogen-bond acceptors (Lipinski definition) is 2. The molecule has 0 radical (unpaired) electrons. The summed E-state index contributed by atoms with van der Waals surface area (Å²) in [6.07, 6.45) is 0.560. The first-order valence-electron chi connectivity index (χ1n) is 6.90. The van der Waals surface area contributed by atoms with Crippen LogP contribution in [0.15, 0.2) is 30.3 Å². The first kappa shape index (κ1) is 15.4. The molecule has 4 heteroatoms. The van der Waals surface area contributed by atoms with Gasteiger partial charge in [-0.2, -0.15) is 0 Å². The topological polar surface area (TPSA) is 32.3 Å². The van der Waals surface area contributed by atoms with Gasteiger partial charge < -0.3 is 10.4 Å². The molecule has 0 aromatic heterocycles. The fourth-order valence-corrected chi connectivity index (χ4v) is 2.37. The molecule has 0 spiro atoms. The van der Waals surface area contributed by atoms with Crippen molar-refractivity contribution in [3.05, 3.63) is 64.2 Å². The van der Waals surface area contributed by atoms with Gasteiger partial charge in [-0.05, 0) is 61.2 Å². The molecule has 0 aliphatic rings. The SMILES string of the molecule is Cc1cc(CNCCc2cc(F)cc(F)c2)cc(C)c1O. The zero-order valence-corrected chi connectivity index (χ0v) is 12.2. The highest BCUT2D eigenvalue weighted by Crippen LogP contribution is 2.22. The van der Waals surface area contributed by atoms with Crippen LogP contribution < -0.4 is 5.32 Å². The molecule has 0 heterocycles. The molecule has 0 saturated carbocycles. The Kier molecular flexibility index (Phi) is 4.91. The van der Waals surface area contributed by atoms with Crippen LogP contribution in [0, 0.1) is 25.5 Å². The molecule has 112 valence electrons. The number of aryl methyl sites for hydroxylation is 2. The lowest BCUT2D eigenvalue weighted by Crippen LogP contribution is -2.17. The monoisotopic (exact) mass is 291 g/mol. The maximum atomic E-state index is 13.0. The van der Waals surface area contributed by atoms with Crippen LogP contribution in [0.3, 0.4) is 0 Å². The predicted octanol–water partition coefficient (Wildman–Crippen LogP) is 3.62. The molecule has 0 unspecified atom stereocenters. The number of rotatable bonds is 5. The van der Waals surface area contributed by atoms with Gasteiger partial charge in [0.1, 0.15) is 17.4 Å². The zero-order chi connectivity index (χ0) is 15.4. The largest absolute Gasteiger partial charge is 0.507 e. The fourth-order valence-electron chi connectivity index (χ4n) is 2.37. The van der Waals surface area contributed by atoms with Crippen LogP contribution in [0.25, 0.3) is 0 Å². The van der Waals surface area contributed by atoms with Gasteiger partial charge in [0.05, 0.1) is 0 Å². The molecule has 2 aromatic rings. The lowest BCUT2D eigenvalue weighted by molar-refractivity contribution is 0.466. The van der Waals surface area contributed by atoms with Crippen molar-refractivity contribution in [1.82, 2.24) is 5.32 Å². The summed E-state index contributed by atoms with van der Waals surface area (Å²) in [5.74, 6) is -0.765. The van der Waals surface area contributed by atoms with E-state index in [2.05, 4.69) is 5.32 Å². The van der Waals surface area contributed by atoms with Crippen LogP contribution >= 0.6 is 0 Å². The second-order valence-electron chi connectivity index (χ2n) is 5.28. The van der Waals surface area contributed by atoms with Crippen molar-refractivity contribution in [2.24, 2.45) is 0 Å². The Bertz CT molecular complexity index is 597. The van der Waals surface area contributed by atoms with E-state index in [1.807, 2.05) is 26.0 Å². The lowest BCUT2D eigenvalue weighted by atomic mass is 10.1. The molecule has 2 N–H and O–H groups in total. The standard InChI is InChI=1S/C17H19F2NO/c1-11-5-14(6-12(2)17(11)21)10-20-4-3-13-7-15(18)9-16(19)8-13/h5-9,20-21H,3-4,10H2,1-2H3. The molecule has 0 aliphatic carbocycles. The maximum Gasteiger partial charge on any atom is 0.126 e. The first-order chi connectivity index (χ1) is 9.95. The summed E-state index contributed by atoms with van der Waals surface area (Å²) in [5.41, 5.74) is 3.41. The minimum atomic E-state index is -0.546. The predicted molar refractivity (Wildman–Crippen MR) is 79.3 cm³/mol. The summed E-state index contributed by atoms with van der Waals surface area (Å²) in [4.78, 5) is 0. The smallest absolute Gasteiger partial charge is 0.126 e. The van der Waals surface area contributed by atoms with Gasteiger partial charge in [0.25, 0.3) is 0 Å². The highest BCUT2D eigenvalue weighted by Gasteiger charge is 2.04. The van der Waals surface area contributed by atoms with E-state index in [0.717, 1.165) is 22.8 Å². The molecular weight excluding hydrogens is 272 g/mol. The number of benzene rings is 2. The number of aromatic hydroxyl groups is 1. The van der Waals surface area contributed by atoms with Crippen LogP contribution in [-0.2, 0) is 13.0 Å². The van der Waals surface area contributed by atoms with Gasteiger partial charge in [-0.25, -0.2) is 8.78 Å². The first-order valence-corrected chi connectivity index (χ1v) is 6.90. The van der Waals surface area contributed by atoms with Crippen LogP contribution in [0.5, 0.6) is 5.75 Å². The number of halogens is 2. The Morgan fingerprint density at radius 3 is 2.05 bits per heavy atom.